The maximum Gasteiger partial charge on any atom is 0.337 e. The minimum absolute atomic E-state index is 0.325. The maximum atomic E-state index is 12.6. The molecule has 1 aromatic heterocycles. The zero-order valence-corrected chi connectivity index (χ0v) is 16.4. The van der Waals surface area contributed by atoms with Crippen molar-refractivity contribution in [1.82, 2.24) is 4.98 Å². The summed E-state index contributed by atoms with van der Waals surface area (Å²) in [6.07, 6.45) is 1.55. The average Bonchev–Trinajstić information content (AvgIpc) is 2.73. The highest BCUT2D eigenvalue weighted by Crippen LogP contribution is 2.28. The summed E-state index contributed by atoms with van der Waals surface area (Å²) in [7, 11) is 2.90. The van der Waals surface area contributed by atoms with Gasteiger partial charge in [-0.1, -0.05) is 12.1 Å². The first-order chi connectivity index (χ1) is 14.0. The highest BCUT2D eigenvalue weighted by molar-refractivity contribution is 6.05. The SMILES string of the molecule is COC(=O)c1cccc(NC(=O)c2ccnc(Nc3cc(C)ccc3OC)c2)c1. The van der Waals surface area contributed by atoms with E-state index in [0.29, 0.717) is 28.4 Å². The van der Waals surface area contributed by atoms with Gasteiger partial charge >= 0.3 is 5.97 Å². The third-order valence-electron chi connectivity index (χ3n) is 4.18. The second-order valence-electron chi connectivity index (χ2n) is 6.29. The zero-order chi connectivity index (χ0) is 20.8. The maximum absolute atomic E-state index is 12.6. The van der Waals surface area contributed by atoms with Crippen molar-refractivity contribution in [3.8, 4) is 5.75 Å². The van der Waals surface area contributed by atoms with Crippen molar-refractivity contribution in [2.45, 2.75) is 6.92 Å². The number of nitrogens with one attached hydrogen (secondary N) is 2. The van der Waals surface area contributed by atoms with Crippen LogP contribution >= 0.6 is 0 Å². The summed E-state index contributed by atoms with van der Waals surface area (Å²) in [5.74, 6) is 0.383. The summed E-state index contributed by atoms with van der Waals surface area (Å²) in [4.78, 5) is 28.6. The van der Waals surface area contributed by atoms with E-state index in [1.54, 1.807) is 49.7 Å². The number of aryl methyl sites for hydroxylation is 1. The topological polar surface area (TPSA) is 89.5 Å². The van der Waals surface area contributed by atoms with E-state index in [1.807, 2.05) is 25.1 Å². The lowest BCUT2D eigenvalue weighted by Crippen LogP contribution is -2.13. The normalized spacial score (nSPS) is 10.2. The van der Waals surface area contributed by atoms with Crippen LogP contribution in [0.4, 0.5) is 17.2 Å². The summed E-state index contributed by atoms with van der Waals surface area (Å²) in [5.41, 5.74) is 3.08. The highest BCUT2D eigenvalue weighted by atomic mass is 16.5. The van der Waals surface area contributed by atoms with Gasteiger partial charge in [-0.15, -0.1) is 0 Å². The van der Waals surface area contributed by atoms with Gasteiger partial charge in [-0.25, -0.2) is 9.78 Å². The minimum atomic E-state index is -0.469. The van der Waals surface area contributed by atoms with Gasteiger partial charge in [-0.3, -0.25) is 4.79 Å². The number of carbonyl (C=O) groups excluding carboxylic acids is 2. The molecule has 148 valence electrons. The second-order valence-corrected chi connectivity index (χ2v) is 6.29. The van der Waals surface area contributed by atoms with Gasteiger partial charge in [0.15, 0.2) is 0 Å². The van der Waals surface area contributed by atoms with Crippen molar-refractivity contribution in [1.29, 1.82) is 0 Å². The first-order valence-electron chi connectivity index (χ1n) is 8.87. The van der Waals surface area contributed by atoms with Crippen LogP contribution < -0.4 is 15.4 Å². The second kappa shape index (κ2) is 8.88. The lowest BCUT2D eigenvalue weighted by Gasteiger charge is -2.12. The van der Waals surface area contributed by atoms with Gasteiger partial charge in [0.25, 0.3) is 5.91 Å². The number of pyridine rings is 1. The molecule has 0 bridgehead atoms. The number of hydrogen-bond donors (Lipinski definition) is 2. The highest BCUT2D eigenvalue weighted by Gasteiger charge is 2.11. The molecule has 0 unspecified atom stereocenters. The molecule has 0 spiro atoms. The fourth-order valence-electron chi connectivity index (χ4n) is 2.74. The predicted octanol–water partition coefficient (Wildman–Crippen LogP) is 4.18. The van der Waals surface area contributed by atoms with Gasteiger partial charge in [0.05, 0.1) is 25.5 Å². The average molecular weight is 391 g/mol. The number of aromatic nitrogens is 1. The standard InChI is InChI=1S/C22H21N3O4/c1-14-7-8-19(28-2)18(11-14)25-20-13-15(9-10-23-20)21(26)24-17-6-4-5-16(12-17)22(27)29-3/h4-13H,1-3H3,(H,23,25)(H,24,26). The molecule has 2 N–H and O–H groups in total. The van der Waals surface area contributed by atoms with Gasteiger partial charge in [-0.2, -0.15) is 0 Å². The Morgan fingerprint density at radius 1 is 0.966 bits per heavy atom. The predicted molar refractivity (Wildman–Crippen MR) is 111 cm³/mol. The summed E-state index contributed by atoms with van der Waals surface area (Å²) in [6, 6.07) is 15.5. The Hall–Kier alpha value is -3.87. The number of esters is 1. The fourth-order valence-corrected chi connectivity index (χ4v) is 2.74. The molecule has 0 aliphatic rings. The van der Waals surface area contributed by atoms with E-state index in [4.69, 9.17) is 9.47 Å². The Labute approximate surface area is 168 Å². The van der Waals surface area contributed by atoms with E-state index in [0.717, 1.165) is 11.3 Å². The van der Waals surface area contributed by atoms with Crippen LogP contribution in [-0.2, 0) is 4.74 Å². The molecule has 0 atom stereocenters. The van der Waals surface area contributed by atoms with Crippen LogP contribution in [0.3, 0.4) is 0 Å². The summed E-state index contributed by atoms with van der Waals surface area (Å²) >= 11 is 0. The number of amides is 1. The van der Waals surface area contributed by atoms with Crippen LogP contribution in [0, 0.1) is 6.92 Å². The molecule has 0 saturated carbocycles. The van der Waals surface area contributed by atoms with E-state index in [-0.39, 0.29) is 5.91 Å². The molecule has 0 saturated heterocycles. The smallest absolute Gasteiger partial charge is 0.337 e. The number of hydrogen-bond acceptors (Lipinski definition) is 6. The van der Waals surface area contributed by atoms with Crippen LogP contribution in [0.15, 0.2) is 60.8 Å². The molecule has 29 heavy (non-hydrogen) atoms. The van der Waals surface area contributed by atoms with Crippen molar-refractivity contribution >= 4 is 29.1 Å². The number of benzene rings is 2. The van der Waals surface area contributed by atoms with Crippen LogP contribution in [0.25, 0.3) is 0 Å². The summed E-state index contributed by atoms with van der Waals surface area (Å²) in [6.45, 7) is 1.98. The third kappa shape index (κ3) is 4.90. The number of carbonyl (C=O) groups is 2. The Bertz CT molecular complexity index is 1050. The quantitative estimate of drug-likeness (QED) is 0.613. The zero-order valence-electron chi connectivity index (χ0n) is 16.4. The number of methoxy groups -OCH3 is 2. The number of ether oxygens (including phenoxy) is 2. The van der Waals surface area contributed by atoms with E-state index in [9.17, 15) is 9.59 Å². The van der Waals surface area contributed by atoms with Crippen molar-refractivity contribution in [2.24, 2.45) is 0 Å². The molecule has 0 fully saturated rings. The molecule has 0 radical (unpaired) electrons. The molecule has 3 rings (SSSR count). The van der Waals surface area contributed by atoms with E-state index < -0.39 is 5.97 Å². The molecule has 1 amide bonds. The van der Waals surface area contributed by atoms with Crippen molar-refractivity contribution in [2.75, 3.05) is 24.9 Å². The monoisotopic (exact) mass is 391 g/mol. The van der Waals surface area contributed by atoms with E-state index in [2.05, 4.69) is 15.6 Å². The van der Waals surface area contributed by atoms with Gasteiger partial charge in [0.1, 0.15) is 11.6 Å². The molecular formula is C22H21N3O4. The molecule has 0 aliphatic carbocycles. The molecule has 7 nitrogen and oxygen atoms in total. The Morgan fingerprint density at radius 2 is 1.79 bits per heavy atom. The Morgan fingerprint density at radius 3 is 2.55 bits per heavy atom. The molecule has 2 aromatic carbocycles. The van der Waals surface area contributed by atoms with E-state index >= 15 is 0 Å². The van der Waals surface area contributed by atoms with Crippen molar-refractivity contribution in [3.05, 3.63) is 77.5 Å². The molecule has 7 heteroatoms. The van der Waals surface area contributed by atoms with Crippen molar-refractivity contribution in [3.63, 3.8) is 0 Å². The number of anilines is 3. The fraction of sp³-hybridized carbons (Fsp3) is 0.136. The summed E-state index contributed by atoms with van der Waals surface area (Å²) in [5, 5.41) is 5.95. The number of nitrogens with zero attached hydrogens (tertiary/aromatic N) is 1. The Balaban J connectivity index is 1.78. The Kier molecular flexibility index (Phi) is 6.09. The van der Waals surface area contributed by atoms with Crippen LogP contribution in [0.1, 0.15) is 26.3 Å². The van der Waals surface area contributed by atoms with Crippen LogP contribution in [-0.4, -0.2) is 31.1 Å². The third-order valence-corrected chi connectivity index (χ3v) is 4.18. The van der Waals surface area contributed by atoms with Gasteiger partial charge < -0.3 is 20.1 Å². The van der Waals surface area contributed by atoms with Crippen molar-refractivity contribution < 1.29 is 19.1 Å². The van der Waals surface area contributed by atoms with Gasteiger partial charge in [-0.05, 0) is 55.0 Å². The lowest BCUT2D eigenvalue weighted by atomic mass is 10.2. The first-order valence-corrected chi connectivity index (χ1v) is 8.87. The largest absolute Gasteiger partial charge is 0.495 e. The molecule has 0 aliphatic heterocycles. The van der Waals surface area contributed by atoms with Gasteiger partial charge in [0, 0.05) is 17.4 Å². The van der Waals surface area contributed by atoms with Gasteiger partial charge in [0.2, 0.25) is 0 Å². The molecular weight excluding hydrogens is 370 g/mol. The number of rotatable bonds is 6. The summed E-state index contributed by atoms with van der Waals surface area (Å²) < 4.78 is 10.1. The lowest BCUT2D eigenvalue weighted by molar-refractivity contribution is 0.0600. The minimum Gasteiger partial charge on any atom is -0.495 e. The van der Waals surface area contributed by atoms with Crippen LogP contribution in [0.2, 0.25) is 0 Å². The first kappa shape index (κ1) is 19.9. The van der Waals surface area contributed by atoms with E-state index in [1.165, 1.54) is 7.11 Å². The molecule has 3 aromatic rings. The van der Waals surface area contributed by atoms with Crippen LogP contribution in [0.5, 0.6) is 5.75 Å². The molecule has 1 heterocycles.